The molecule has 0 aliphatic carbocycles. The van der Waals surface area contributed by atoms with Crippen LogP contribution in [0.25, 0.3) is 0 Å². The Morgan fingerprint density at radius 1 is 1.00 bits per heavy atom. The summed E-state index contributed by atoms with van der Waals surface area (Å²) in [6, 6.07) is 18.6. The number of hydrazone groups is 1. The second kappa shape index (κ2) is 9.01. The van der Waals surface area contributed by atoms with Gasteiger partial charge < -0.3 is 14.5 Å². The SMILES string of the molecule is C=CCN1CN(CN2CCN(c3ccccc3OC)CC2)N=C1c1ccccc1. The van der Waals surface area contributed by atoms with E-state index >= 15 is 0 Å². The van der Waals surface area contributed by atoms with Gasteiger partial charge in [-0.25, -0.2) is 0 Å². The Labute approximate surface area is 173 Å². The van der Waals surface area contributed by atoms with Crippen LogP contribution in [0.5, 0.6) is 5.75 Å². The Morgan fingerprint density at radius 3 is 2.45 bits per heavy atom. The predicted molar refractivity (Wildman–Crippen MR) is 118 cm³/mol. The highest BCUT2D eigenvalue weighted by Gasteiger charge is 2.26. The van der Waals surface area contributed by atoms with E-state index in [-0.39, 0.29) is 0 Å². The highest BCUT2D eigenvalue weighted by molar-refractivity contribution is 5.99. The zero-order valence-corrected chi connectivity index (χ0v) is 17.1. The summed E-state index contributed by atoms with van der Waals surface area (Å²) in [5, 5.41) is 7.07. The van der Waals surface area contributed by atoms with Gasteiger partial charge in [0.2, 0.25) is 0 Å². The van der Waals surface area contributed by atoms with E-state index in [1.807, 2.05) is 24.3 Å². The fourth-order valence-corrected chi connectivity index (χ4v) is 3.95. The summed E-state index contributed by atoms with van der Waals surface area (Å²) >= 11 is 0. The summed E-state index contributed by atoms with van der Waals surface area (Å²) in [7, 11) is 1.74. The second-order valence-electron chi connectivity index (χ2n) is 7.37. The van der Waals surface area contributed by atoms with Crippen molar-refractivity contribution in [1.82, 2.24) is 14.8 Å². The molecule has 2 aliphatic rings. The van der Waals surface area contributed by atoms with Gasteiger partial charge in [-0.1, -0.05) is 48.5 Å². The summed E-state index contributed by atoms with van der Waals surface area (Å²) in [5.41, 5.74) is 2.33. The Bertz CT molecular complexity index is 845. The lowest BCUT2D eigenvalue weighted by Gasteiger charge is -2.37. The molecule has 2 heterocycles. The average Bonchev–Trinajstić information content (AvgIpc) is 3.17. The monoisotopic (exact) mass is 391 g/mol. The molecule has 2 aromatic carbocycles. The number of hydrogen-bond donors (Lipinski definition) is 0. The third-order valence-electron chi connectivity index (χ3n) is 5.41. The summed E-state index contributed by atoms with van der Waals surface area (Å²) in [6.07, 6.45) is 1.94. The van der Waals surface area contributed by atoms with Crippen molar-refractivity contribution in [3.63, 3.8) is 0 Å². The number of hydrogen-bond acceptors (Lipinski definition) is 6. The summed E-state index contributed by atoms with van der Waals surface area (Å²) in [4.78, 5) is 7.14. The van der Waals surface area contributed by atoms with E-state index < -0.39 is 0 Å². The van der Waals surface area contributed by atoms with Crippen molar-refractivity contribution in [2.75, 3.05) is 58.1 Å². The number of nitrogens with zero attached hydrogens (tertiary/aromatic N) is 5. The molecule has 0 saturated carbocycles. The van der Waals surface area contributed by atoms with Crippen molar-refractivity contribution in [2.45, 2.75) is 0 Å². The van der Waals surface area contributed by atoms with Crippen LogP contribution in [-0.2, 0) is 0 Å². The molecule has 29 heavy (non-hydrogen) atoms. The van der Waals surface area contributed by atoms with Gasteiger partial charge in [0.1, 0.15) is 12.4 Å². The lowest BCUT2D eigenvalue weighted by atomic mass is 10.2. The van der Waals surface area contributed by atoms with Crippen LogP contribution in [0.2, 0.25) is 0 Å². The van der Waals surface area contributed by atoms with Crippen LogP contribution in [-0.4, -0.2) is 73.8 Å². The van der Waals surface area contributed by atoms with Gasteiger partial charge in [-0.15, -0.1) is 6.58 Å². The highest BCUT2D eigenvalue weighted by Crippen LogP contribution is 2.28. The Balaban J connectivity index is 1.38. The Hall–Kier alpha value is -2.99. The van der Waals surface area contributed by atoms with Crippen molar-refractivity contribution in [3.8, 4) is 5.75 Å². The van der Waals surface area contributed by atoms with E-state index in [0.717, 1.165) is 63.2 Å². The maximum absolute atomic E-state index is 5.53. The highest BCUT2D eigenvalue weighted by atomic mass is 16.5. The van der Waals surface area contributed by atoms with E-state index in [4.69, 9.17) is 9.84 Å². The quantitative estimate of drug-likeness (QED) is 0.678. The molecule has 0 atom stereocenters. The lowest BCUT2D eigenvalue weighted by molar-refractivity contribution is 0.116. The predicted octanol–water partition coefficient (Wildman–Crippen LogP) is 2.90. The van der Waals surface area contributed by atoms with E-state index in [1.54, 1.807) is 7.11 Å². The number of para-hydroxylation sites is 2. The molecule has 0 spiro atoms. The molecule has 0 N–H and O–H groups in total. The lowest BCUT2D eigenvalue weighted by Crippen LogP contribution is -2.49. The molecule has 4 rings (SSSR count). The first-order valence-electron chi connectivity index (χ1n) is 10.1. The first kappa shape index (κ1) is 19.3. The van der Waals surface area contributed by atoms with E-state index in [2.05, 4.69) is 62.7 Å². The first-order valence-corrected chi connectivity index (χ1v) is 10.1. The molecule has 0 aromatic heterocycles. The van der Waals surface area contributed by atoms with Gasteiger partial charge in [-0.05, 0) is 12.1 Å². The van der Waals surface area contributed by atoms with Crippen LogP contribution in [0.4, 0.5) is 5.69 Å². The van der Waals surface area contributed by atoms with Crippen LogP contribution >= 0.6 is 0 Å². The van der Waals surface area contributed by atoms with Gasteiger partial charge >= 0.3 is 0 Å². The third-order valence-corrected chi connectivity index (χ3v) is 5.41. The summed E-state index contributed by atoms with van der Waals surface area (Å²) < 4.78 is 5.53. The minimum atomic E-state index is 0.795. The van der Waals surface area contributed by atoms with Gasteiger partial charge in [0, 0.05) is 38.3 Å². The van der Waals surface area contributed by atoms with Crippen LogP contribution in [0.1, 0.15) is 5.56 Å². The van der Waals surface area contributed by atoms with Crippen molar-refractivity contribution in [2.24, 2.45) is 5.10 Å². The smallest absolute Gasteiger partial charge is 0.157 e. The number of anilines is 1. The number of benzene rings is 2. The molecule has 2 aliphatic heterocycles. The molecule has 6 nitrogen and oxygen atoms in total. The van der Waals surface area contributed by atoms with E-state index in [0.29, 0.717) is 0 Å². The largest absolute Gasteiger partial charge is 0.495 e. The van der Waals surface area contributed by atoms with Gasteiger partial charge in [-0.3, -0.25) is 9.91 Å². The van der Waals surface area contributed by atoms with Crippen molar-refractivity contribution < 1.29 is 4.74 Å². The maximum atomic E-state index is 5.53. The summed E-state index contributed by atoms with van der Waals surface area (Å²) in [5.74, 6) is 1.97. The molecule has 0 bridgehead atoms. The van der Waals surface area contributed by atoms with E-state index in [1.165, 1.54) is 5.69 Å². The fourth-order valence-electron chi connectivity index (χ4n) is 3.95. The molecule has 1 fully saturated rings. The molecular formula is C23H29N5O. The van der Waals surface area contributed by atoms with Gasteiger partial charge in [0.25, 0.3) is 0 Å². The molecule has 0 amide bonds. The first-order chi connectivity index (χ1) is 14.3. The van der Waals surface area contributed by atoms with Crippen LogP contribution in [0, 0.1) is 0 Å². The molecule has 6 heteroatoms. The zero-order valence-electron chi connectivity index (χ0n) is 17.1. The van der Waals surface area contributed by atoms with Crippen molar-refractivity contribution in [3.05, 3.63) is 72.8 Å². The number of rotatable bonds is 7. The Kier molecular flexibility index (Phi) is 6.00. The van der Waals surface area contributed by atoms with Gasteiger partial charge in [0.05, 0.1) is 19.5 Å². The minimum absolute atomic E-state index is 0.795. The standard InChI is InChI=1S/C23H29N5O/c1-3-13-27-19-28(24-23(27)20-9-5-4-6-10-20)18-25-14-16-26(17-15-25)21-11-7-8-12-22(21)29-2/h3-12H,1,13-19H2,2H3. The number of methoxy groups -OCH3 is 1. The van der Waals surface area contributed by atoms with E-state index in [9.17, 15) is 0 Å². The molecule has 1 saturated heterocycles. The molecule has 2 aromatic rings. The second-order valence-corrected chi connectivity index (χ2v) is 7.37. The van der Waals surface area contributed by atoms with Crippen molar-refractivity contribution in [1.29, 1.82) is 0 Å². The molecular weight excluding hydrogens is 362 g/mol. The zero-order chi connectivity index (χ0) is 20.1. The topological polar surface area (TPSA) is 34.5 Å². The number of piperazine rings is 1. The summed E-state index contributed by atoms with van der Waals surface area (Å²) in [6.45, 7) is 10.3. The van der Waals surface area contributed by atoms with Gasteiger partial charge in [0.15, 0.2) is 5.84 Å². The van der Waals surface area contributed by atoms with Crippen LogP contribution < -0.4 is 9.64 Å². The minimum Gasteiger partial charge on any atom is -0.495 e. The molecule has 152 valence electrons. The molecule has 0 unspecified atom stereocenters. The van der Waals surface area contributed by atoms with Crippen LogP contribution in [0.15, 0.2) is 72.4 Å². The fraction of sp³-hybridized carbons (Fsp3) is 0.348. The third kappa shape index (κ3) is 4.38. The van der Waals surface area contributed by atoms with Crippen molar-refractivity contribution >= 4 is 11.5 Å². The van der Waals surface area contributed by atoms with Crippen LogP contribution in [0.3, 0.4) is 0 Å². The molecule has 0 radical (unpaired) electrons. The number of ether oxygens (including phenoxy) is 1. The Morgan fingerprint density at radius 2 is 1.72 bits per heavy atom. The maximum Gasteiger partial charge on any atom is 0.157 e. The number of amidine groups is 1. The normalized spacial score (nSPS) is 17.4. The van der Waals surface area contributed by atoms with Gasteiger partial charge in [-0.2, -0.15) is 5.10 Å². The average molecular weight is 392 g/mol.